The number of halogens is 1. The van der Waals surface area contributed by atoms with Gasteiger partial charge in [-0.25, -0.2) is 0 Å². The lowest BCUT2D eigenvalue weighted by Gasteiger charge is -2.18. The maximum Gasteiger partial charge on any atom is 0.0303 e. The third-order valence-corrected chi connectivity index (χ3v) is 4.92. The largest absolute Gasteiger partial charge is 0.310 e. The molecule has 112 valence electrons. The molecule has 0 amide bonds. The average molecular weight is 364 g/mol. The molecule has 0 aromatic heterocycles. The van der Waals surface area contributed by atoms with E-state index in [4.69, 9.17) is 0 Å². The van der Waals surface area contributed by atoms with Gasteiger partial charge in [0.15, 0.2) is 0 Å². The molecule has 0 aliphatic carbocycles. The van der Waals surface area contributed by atoms with Gasteiger partial charge in [-0.1, -0.05) is 58.4 Å². The number of benzene rings is 2. The van der Waals surface area contributed by atoms with E-state index in [0.717, 1.165) is 17.4 Å². The summed E-state index contributed by atoms with van der Waals surface area (Å²) in [5.41, 5.74) is 2.66. The molecule has 0 aliphatic heterocycles. The maximum absolute atomic E-state index is 3.59. The summed E-state index contributed by atoms with van der Waals surface area (Å²) < 4.78 is 1.13. The first kappa shape index (κ1) is 16.6. The van der Waals surface area contributed by atoms with E-state index < -0.39 is 0 Å². The second-order valence-electron chi connectivity index (χ2n) is 5.28. The Morgan fingerprint density at radius 3 is 2.71 bits per heavy atom. The molecule has 0 radical (unpaired) electrons. The zero-order chi connectivity index (χ0) is 15.2. The van der Waals surface area contributed by atoms with Crippen LogP contribution >= 0.6 is 27.7 Å². The van der Waals surface area contributed by atoms with Crippen molar-refractivity contribution >= 4 is 27.7 Å². The Morgan fingerprint density at radius 2 is 2.00 bits per heavy atom. The summed E-state index contributed by atoms with van der Waals surface area (Å²) in [6.07, 6.45) is 1.15. The van der Waals surface area contributed by atoms with E-state index in [1.807, 2.05) is 11.8 Å². The van der Waals surface area contributed by atoms with E-state index in [2.05, 4.69) is 84.5 Å². The van der Waals surface area contributed by atoms with Crippen LogP contribution in [0.1, 0.15) is 37.4 Å². The van der Waals surface area contributed by atoms with Crippen LogP contribution in [0, 0.1) is 6.92 Å². The first-order chi connectivity index (χ1) is 10.1. The first-order valence-electron chi connectivity index (χ1n) is 7.37. The molecule has 1 nitrogen and oxygen atoms in total. The Hall–Kier alpha value is -0.770. The van der Waals surface area contributed by atoms with Crippen molar-refractivity contribution in [2.75, 3.05) is 6.54 Å². The Morgan fingerprint density at radius 1 is 1.19 bits per heavy atom. The Balaban J connectivity index is 2.26. The monoisotopic (exact) mass is 363 g/mol. The van der Waals surface area contributed by atoms with Crippen LogP contribution in [0.5, 0.6) is 0 Å². The summed E-state index contributed by atoms with van der Waals surface area (Å²) in [7, 11) is 0. The van der Waals surface area contributed by atoms with Crippen molar-refractivity contribution in [3.63, 3.8) is 0 Å². The van der Waals surface area contributed by atoms with Crippen molar-refractivity contribution in [2.45, 2.75) is 43.0 Å². The van der Waals surface area contributed by atoms with Crippen LogP contribution in [0.4, 0.5) is 0 Å². The van der Waals surface area contributed by atoms with Crippen molar-refractivity contribution < 1.29 is 0 Å². The number of hydrogen-bond donors (Lipinski definition) is 1. The second-order valence-corrected chi connectivity index (χ2v) is 7.31. The van der Waals surface area contributed by atoms with Crippen LogP contribution in [0.3, 0.4) is 0 Å². The maximum atomic E-state index is 3.59. The van der Waals surface area contributed by atoms with Crippen LogP contribution in [0.2, 0.25) is 0 Å². The quantitative estimate of drug-likeness (QED) is 0.678. The van der Waals surface area contributed by atoms with E-state index >= 15 is 0 Å². The summed E-state index contributed by atoms with van der Waals surface area (Å²) in [5.74, 6) is 0. The summed E-state index contributed by atoms with van der Waals surface area (Å²) in [5, 5.41) is 3.58. The van der Waals surface area contributed by atoms with Gasteiger partial charge in [-0.05, 0) is 56.6 Å². The minimum absolute atomic E-state index is 0.366. The molecule has 0 saturated carbocycles. The number of nitrogens with one attached hydrogen (secondary N) is 1. The molecule has 0 saturated heterocycles. The molecular weight excluding hydrogens is 342 g/mol. The van der Waals surface area contributed by atoms with Crippen molar-refractivity contribution in [1.82, 2.24) is 5.32 Å². The van der Waals surface area contributed by atoms with Gasteiger partial charge in [-0.15, -0.1) is 0 Å². The zero-order valence-electron chi connectivity index (χ0n) is 12.8. The summed E-state index contributed by atoms with van der Waals surface area (Å²) in [6.45, 7) is 7.62. The van der Waals surface area contributed by atoms with E-state index in [1.54, 1.807) is 0 Å². The molecule has 3 heteroatoms. The van der Waals surface area contributed by atoms with Crippen LogP contribution < -0.4 is 5.32 Å². The molecule has 1 unspecified atom stereocenters. The van der Waals surface area contributed by atoms with Gasteiger partial charge in [-0.2, -0.15) is 0 Å². The molecule has 0 heterocycles. The molecule has 1 N–H and O–H groups in total. The minimum Gasteiger partial charge on any atom is -0.310 e. The van der Waals surface area contributed by atoms with E-state index in [0.29, 0.717) is 6.04 Å². The third kappa shape index (κ3) is 4.87. The van der Waals surface area contributed by atoms with Gasteiger partial charge in [0.2, 0.25) is 0 Å². The fraction of sp³-hybridized carbons (Fsp3) is 0.333. The molecular formula is C18H22BrNS. The number of rotatable bonds is 6. The molecule has 0 bridgehead atoms. The zero-order valence-corrected chi connectivity index (χ0v) is 15.2. The van der Waals surface area contributed by atoms with Gasteiger partial charge in [-0.3, -0.25) is 0 Å². The molecule has 0 fully saturated rings. The average Bonchev–Trinajstić information content (AvgIpc) is 2.45. The lowest BCUT2D eigenvalue weighted by atomic mass is 10.1. The van der Waals surface area contributed by atoms with Gasteiger partial charge in [0.1, 0.15) is 0 Å². The normalized spacial score (nSPS) is 12.4. The predicted molar refractivity (Wildman–Crippen MR) is 96.2 cm³/mol. The van der Waals surface area contributed by atoms with Gasteiger partial charge < -0.3 is 5.32 Å². The van der Waals surface area contributed by atoms with Crippen LogP contribution in [0.15, 0.2) is 56.7 Å². The lowest BCUT2D eigenvalue weighted by molar-refractivity contribution is 0.563. The number of aryl methyl sites for hydroxylation is 1. The number of hydrogen-bond acceptors (Lipinski definition) is 2. The molecule has 1 atom stereocenters. The molecule has 0 aliphatic rings. The van der Waals surface area contributed by atoms with Crippen LogP contribution in [-0.4, -0.2) is 6.54 Å². The highest BCUT2D eigenvalue weighted by atomic mass is 79.9. The first-order valence-corrected chi connectivity index (χ1v) is 8.98. The van der Waals surface area contributed by atoms with Crippen LogP contribution in [0.25, 0.3) is 0 Å². The van der Waals surface area contributed by atoms with Gasteiger partial charge in [0.05, 0.1) is 0 Å². The Labute approximate surface area is 140 Å². The fourth-order valence-corrected chi connectivity index (χ4v) is 3.94. The van der Waals surface area contributed by atoms with E-state index in [9.17, 15) is 0 Å². The molecule has 2 aromatic carbocycles. The molecule has 2 rings (SSSR count). The minimum atomic E-state index is 0.366. The van der Waals surface area contributed by atoms with Crippen molar-refractivity contribution in [3.8, 4) is 0 Å². The summed E-state index contributed by atoms with van der Waals surface area (Å²) in [6, 6.07) is 15.6. The molecule has 21 heavy (non-hydrogen) atoms. The van der Waals surface area contributed by atoms with Crippen LogP contribution in [-0.2, 0) is 0 Å². The highest BCUT2D eigenvalue weighted by molar-refractivity contribution is 9.10. The molecule has 0 spiro atoms. The SMILES string of the molecule is CCCNC(C)c1ccc(Br)cc1Sc1cccc(C)c1. The summed E-state index contributed by atoms with van der Waals surface area (Å²) >= 11 is 5.43. The molecule has 2 aromatic rings. The fourth-order valence-electron chi connectivity index (χ4n) is 2.23. The summed E-state index contributed by atoms with van der Waals surface area (Å²) in [4.78, 5) is 2.60. The standard InChI is InChI=1S/C18H22BrNS/c1-4-10-20-14(3)17-9-8-15(19)12-18(17)21-16-7-5-6-13(2)11-16/h5-9,11-12,14,20H,4,10H2,1-3H3. The van der Waals surface area contributed by atoms with Crippen molar-refractivity contribution in [2.24, 2.45) is 0 Å². The lowest BCUT2D eigenvalue weighted by Crippen LogP contribution is -2.19. The van der Waals surface area contributed by atoms with Crippen molar-refractivity contribution in [1.29, 1.82) is 0 Å². The second kappa shape index (κ2) is 8.02. The Kier molecular flexibility index (Phi) is 6.34. The highest BCUT2D eigenvalue weighted by Gasteiger charge is 2.11. The van der Waals surface area contributed by atoms with E-state index in [-0.39, 0.29) is 0 Å². The highest BCUT2D eigenvalue weighted by Crippen LogP contribution is 2.35. The van der Waals surface area contributed by atoms with Gasteiger partial charge >= 0.3 is 0 Å². The van der Waals surface area contributed by atoms with E-state index in [1.165, 1.54) is 20.9 Å². The van der Waals surface area contributed by atoms with Crippen molar-refractivity contribution in [3.05, 3.63) is 58.1 Å². The van der Waals surface area contributed by atoms with Gasteiger partial charge in [0.25, 0.3) is 0 Å². The third-order valence-electron chi connectivity index (χ3n) is 3.36. The topological polar surface area (TPSA) is 12.0 Å². The van der Waals surface area contributed by atoms with Gasteiger partial charge in [0, 0.05) is 20.3 Å². The Bertz CT molecular complexity index is 598. The predicted octanol–water partition coefficient (Wildman–Crippen LogP) is 5.97. The smallest absolute Gasteiger partial charge is 0.0303 e.